The summed E-state index contributed by atoms with van der Waals surface area (Å²) in [4.78, 5) is 15.1. The third-order valence-electron chi connectivity index (χ3n) is 1.85. The Morgan fingerprint density at radius 3 is 2.00 bits per heavy atom. The molecule has 13 heavy (non-hydrogen) atoms. The molecule has 0 aromatic rings. The van der Waals surface area contributed by atoms with Crippen molar-refractivity contribution in [3.05, 3.63) is 11.3 Å². The van der Waals surface area contributed by atoms with Crippen LogP contribution in [-0.4, -0.2) is 23.6 Å². The number of aliphatic imine (C=N–C) groups is 1. The van der Waals surface area contributed by atoms with Gasteiger partial charge in [0.05, 0.1) is 5.57 Å². The molecule has 0 spiro atoms. The van der Waals surface area contributed by atoms with Crippen LogP contribution in [0.15, 0.2) is 16.3 Å². The van der Waals surface area contributed by atoms with Crippen LogP contribution in [0.5, 0.6) is 0 Å². The summed E-state index contributed by atoms with van der Waals surface area (Å²) < 4.78 is 0. The van der Waals surface area contributed by atoms with Crippen molar-refractivity contribution in [1.82, 2.24) is 0 Å². The van der Waals surface area contributed by atoms with Crippen molar-refractivity contribution in [2.45, 2.75) is 27.7 Å². The fourth-order valence-electron chi connectivity index (χ4n) is 1.02. The Kier molecular flexibility index (Phi) is 4.38. The molecule has 0 saturated heterocycles. The molecule has 0 saturated carbocycles. The van der Waals surface area contributed by atoms with Crippen LogP contribution in [-0.2, 0) is 4.79 Å². The molecule has 0 amide bonds. The number of nitrogens with zero attached hydrogens (tertiary/aromatic N) is 1. The zero-order valence-corrected chi connectivity index (χ0v) is 8.88. The van der Waals surface area contributed by atoms with E-state index < -0.39 is 0 Å². The molecular formula is C10H17NO2. The van der Waals surface area contributed by atoms with Crippen LogP contribution in [0.25, 0.3) is 0 Å². The van der Waals surface area contributed by atoms with Gasteiger partial charge in [0.2, 0.25) is 0 Å². The quantitative estimate of drug-likeness (QED) is 0.414. The summed E-state index contributed by atoms with van der Waals surface area (Å²) in [6, 6.07) is 0. The van der Waals surface area contributed by atoms with Crippen LogP contribution in [0.4, 0.5) is 0 Å². The molecule has 0 aromatic heterocycles. The second kappa shape index (κ2) is 4.80. The molecule has 3 nitrogen and oxygen atoms in total. The molecule has 0 heterocycles. The Bertz CT molecular complexity index is 262. The maximum atomic E-state index is 11.2. The number of ketones is 1. The van der Waals surface area contributed by atoms with Gasteiger partial charge < -0.3 is 5.11 Å². The summed E-state index contributed by atoms with van der Waals surface area (Å²) in [6.45, 7) is 6.82. The maximum absolute atomic E-state index is 11.2. The second-order valence-corrected chi connectivity index (χ2v) is 3.28. The third kappa shape index (κ3) is 3.01. The third-order valence-corrected chi connectivity index (χ3v) is 1.85. The Morgan fingerprint density at radius 1 is 1.31 bits per heavy atom. The number of Topliss-reactive ketones (excluding diaryl/α,β-unsaturated/α-hetero) is 1. The van der Waals surface area contributed by atoms with E-state index in [1.807, 2.05) is 13.8 Å². The Labute approximate surface area is 79.2 Å². The lowest BCUT2D eigenvalue weighted by atomic mass is 10.0. The molecule has 1 N–H and O–H groups in total. The Balaban J connectivity index is 5.25. The van der Waals surface area contributed by atoms with E-state index in [-0.39, 0.29) is 17.5 Å². The van der Waals surface area contributed by atoms with E-state index in [1.165, 1.54) is 6.92 Å². The molecule has 0 radical (unpaired) electrons. The van der Waals surface area contributed by atoms with Gasteiger partial charge in [0, 0.05) is 18.7 Å². The van der Waals surface area contributed by atoms with Gasteiger partial charge in [0.25, 0.3) is 0 Å². The first-order chi connectivity index (χ1) is 5.91. The topological polar surface area (TPSA) is 49.7 Å². The monoisotopic (exact) mass is 183 g/mol. The van der Waals surface area contributed by atoms with Gasteiger partial charge in [-0.25, -0.2) is 0 Å². The number of allylic oxidation sites excluding steroid dienone is 2. The van der Waals surface area contributed by atoms with E-state index >= 15 is 0 Å². The van der Waals surface area contributed by atoms with Gasteiger partial charge in [-0.15, -0.1) is 0 Å². The number of aliphatic hydroxyl groups is 1. The van der Waals surface area contributed by atoms with E-state index in [2.05, 4.69) is 4.99 Å². The van der Waals surface area contributed by atoms with Crippen LogP contribution in [0.2, 0.25) is 0 Å². The van der Waals surface area contributed by atoms with Crippen molar-refractivity contribution in [3.63, 3.8) is 0 Å². The average Bonchev–Trinajstić information content (AvgIpc) is 2.03. The van der Waals surface area contributed by atoms with Crippen LogP contribution in [0.3, 0.4) is 0 Å². The fraction of sp³-hybridized carbons (Fsp3) is 0.600. The first kappa shape index (κ1) is 11.9. The van der Waals surface area contributed by atoms with Crippen molar-refractivity contribution >= 4 is 11.5 Å². The van der Waals surface area contributed by atoms with Crippen LogP contribution in [0, 0.1) is 5.92 Å². The summed E-state index contributed by atoms with van der Waals surface area (Å²) >= 11 is 0. The summed E-state index contributed by atoms with van der Waals surface area (Å²) in [6.07, 6.45) is 0. The molecule has 0 bridgehead atoms. The molecule has 3 heteroatoms. The van der Waals surface area contributed by atoms with E-state index in [9.17, 15) is 9.90 Å². The predicted molar refractivity (Wildman–Crippen MR) is 54.2 cm³/mol. The van der Waals surface area contributed by atoms with E-state index in [0.29, 0.717) is 11.3 Å². The highest BCUT2D eigenvalue weighted by atomic mass is 16.3. The normalized spacial score (nSPS) is 14.5. The van der Waals surface area contributed by atoms with Crippen LogP contribution >= 0.6 is 0 Å². The first-order valence-electron chi connectivity index (χ1n) is 4.29. The van der Waals surface area contributed by atoms with Crippen molar-refractivity contribution < 1.29 is 9.90 Å². The SMILES string of the molecule is CN=C(C)/C(C(C)=O)=C(\O)C(C)C. The summed E-state index contributed by atoms with van der Waals surface area (Å²) in [5.41, 5.74) is 0.927. The lowest BCUT2D eigenvalue weighted by molar-refractivity contribution is -0.113. The van der Waals surface area contributed by atoms with E-state index in [0.717, 1.165) is 0 Å². The summed E-state index contributed by atoms with van der Waals surface area (Å²) in [7, 11) is 1.60. The molecule has 0 unspecified atom stereocenters. The van der Waals surface area contributed by atoms with Gasteiger partial charge in [-0.05, 0) is 13.8 Å². The smallest absolute Gasteiger partial charge is 0.164 e. The molecule has 0 atom stereocenters. The molecule has 0 aromatic carbocycles. The van der Waals surface area contributed by atoms with Gasteiger partial charge in [-0.2, -0.15) is 0 Å². The standard InChI is InChI=1S/C10H17NO2/c1-6(2)10(13)9(8(4)12)7(3)11-5/h6,13H,1-5H3/b10-9+,11-7?. The first-order valence-corrected chi connectivity index (χ1v) is 4.29. The molecule has 0 rings (SSSR count). The van der Waals surface area contributed by atoms with Crippen molar-refractivity contribution in [2.75, 3.05) is 7.05 Å². The average molecular weight is 183 g/mol. The van der Waals surface area contributed by atoms with Gasteiger partial charge >= 0.3 is 0 Å². The number of carbonyl (C=O) groups excluding carboxylic acids is 1. The van der Waals surface area contributed by atoms with Crippen molar-refractivity contribution in [3.8, 4) is 0 Å². The predicted octanol–water partition coefficient (Wildman–Crippen LogP) is 2.13. The lowest BCUT2D eigenvalue weighted by Crippen LogP contribution is -2.13. The van der Waals surface area contributed by atoms with Crippen LogP contribution in [0.1, 0.15) is 27.7 Å². The number of aliphatic hydroxyl groups excluding tert-OH is 1. The maximum Gasteiger partial charge on any atom is 0.164 e. The highest BCUT2D eigenvalue weighted by Gasteiger charge is 2.15. The largest absolute Gasteiger partial charge is 0.511 e. The summed E-state index contributed by atoms with van der Waals surface area (Å²) in [5.74, 6) is -0.0690. The van der Waals surface area contributed by atoms with Crippen molar-refractivity contribution in [1.29, 1.82) is 0 Å². The minimum Gasteiger partial charge on any atom is -0.511 e. The highest BCUT2D eigenvalue weighted by Crippen LogP contribution is 2.14. The minimum absolute atomic E-state index is 0.0457. The number of hydrogen-bond donors (Lipinski definition) is 1. The van der Waals surface area contributed by atoms with E-state index in [4.69, 9.17) is 0 Å². The molecule has 0 aliphatic carbocycles. The zero-order valence-electron chi connectivity index (χ0n) is 8.88. The van der Waals surface area contributed by atoms with Gasteiger partial charge in [-0.1, -0.05) is 13.8 Å². The van der Waals surface area contributed by atoms with E-state index in [1.54, 1.807) is 14.0 Å². The van der Waals surface area contributed by atoms with Crippen LogP contribution < -0.4 is 0 Å². The zero-order chi connectivity index (χ0) is 10.6. The second-order valence-electron chi connectivity index (χ2n) is 3.28. The van der Waals surface area contributed by atoms with Gasteiger partial charge in [0.15, 0.2) is 5.78 Å². The molecule has 0 aliphatic heterocycles. The number of rotatable bonds is 3. The lowest BCUT2D eigenvalue weighted by Gasteiger charge is -2.09. The van der Waals surface area contributed by atoms with Gasteiger partial charge in [0.1, 0.15) is 5.76 Å². The molecular weight excluding hydrogens is 166 g/mol. The molecule has 0 aliphatic rings. The number of hydrogen-bond acceptors (Lipinski definition) is 3. The highest BCUT2D eigenvalue weighted by molar-refractivity contribution is 6.21. The Morgan fingerprint density at radius 2 is 1.77 bits per heavy atom. The molecule has 0 fully saturated rings. The number of carbonyl (C=O) groups is 1. The van der Waals surface area contributed by atoms with Gasteiger partial charge in [-0.3, -0.25) is 9.79 Å². The van der Waals surface area contributed by atoms with Crippen molar-refractivity contribution in [2.24, 2.45) is 10.9 Å². The minimum atomic E-state index is -0.144. The summed E-state index contributed by atoms with van der Waals surface area (Å²) in [5, 5.41) is 9.64. The fourth-order valence-corrected chi connectivity index (χ4v) is 1.02. The Hall–Kier alpha value is -1.12. The molecule has 74 valence electrons.